The van der Waals surface area contributed by atoms with Crippen molar-refractivity contribution in [1.29, 1.82) is 0 Å². The number of alkyl halides is 1. The third-order valence-corrected chi connectivity index (χ3v) is 2.25. The summed E-state index contributed by atoms with van der Waals surface area (Å²) in [7, 11) is 0. The highest BCUT2D eigenvalue weighted by Crippen LogP contribution is 2.25. The second-order valence-corrected chi connectivity index (χ2v) is 4.20. The molecule has 0 radical (unpaired) electrons. The fourth-order valence-electron chi connectivity index (χ4n) is 1.42. The molecular weight excluding hydrogens is 171 g/mol. The minimum Gasteiger partial charge on any atom is -0.336 e. The fourth-order valence-corrected chi connectivity index (χ4v) is 1.42. The Morgan fingerprint density at radius 3 is 2.54 bits per heavy atom. The van der Waals surface area contributed by atoms with Gasteiger partial charge >= 0.3 is 0 Å². The molecular formula is C9H17FN2O. The predicted molar refractivity (Wildman–Crippen MR) is 48.9 cm³/mol. The van der Waals surface area contributed by atoms with Crippen LogP contribution in [0.4, 0.5) is 4.39 Å². The molecule has 1 heterocycles. The lowest BCUT2D eigenvalue weighted by Gasteiger charge is -2.44. The SMILES string of the molecule is CC(C)CC(=O)N1CC(F)(CN)C1. The number of carbonyl (C=O) groups excluding carboxylic acids is 1. The van der Waals surface area contributed by atoms with E-state index in [4.69, 9.17) is 5.73 Å². The first-order valence-electron chi connectivity index (χ1n) is 4.63. The zero-order valence-corrected chi connectivity index (χ0v) is 8.22. The quantitative estimate of drug-likeness (QED) is 0.702. The maximum Gasteiger partial charge on any atom is 0.223 e. The van der Waals surface area contributed by atoms with Gasteiger partial charge in [-0.2, -0.15) is 0 Å². The number of halogens is 1. The summed E-state index contributed by atoms with van der Waals surface area (Å²) in [6, 6.07) is 0. The summed E-state index contributed by atoms with van der Waals surface area (Å²) in [5, 5.41) is 0. The molecule has 76 valence electrons. The van der Waals surface area contributed by atoms with E-state index in [0.29, 0.717) is 12.3 Å². The number of hydrogen-bond acceptors (Lipinski definition) is 2. The van der Waals surface area contributed by atoms with E-state index in [0.717, 1.165) is 0 Å². The molecule has 0 aromatic rings. The Bertz CT molecular complexity index is 200. The summed E-state index contributed by atoms with van der Waals surface area (Å²) in [4.78, 5) is 12.9. The van der Waals surface area contributed by atoms with Gasteiger partial charge in [0.05, 0.1) is 13.1 Å². The molecule has 1 aliphatic rings. The van der Waals surface area contributed by atoms with Gasteiger partial charge in [0.25, 0.3) is 0 Å². The lowest BCUT2D eigenvalue weighted by molar-refractivity contribution is -0.145. The molecule has 2 N–H and O–H groups in total. The highest BCUT2D eigenvalue weighted by atomic mass is 19.1. The molecule has 0 aliphatic carbocycles. The zero-order chi connectivity index (χ0) is 10.1. The molecule has 0 aromatic carbocycles. The van der Waals surface area contributed by atoms with Crippen LogP contribution < -0.4 is 5.73 Å². The maximum absolute atomic E-state index is 13.3. The molecule has 1 aliphatic heterocycles. The molecule has 0 unspecified atom stereocenters. The van der Waals surface area contributed by atoms with E-state index in [-0.39, 0.29) is 25.5 Å². The highest BCUT2D eigenvalue weighted by Gasteiger charge is 2.44. The molecule has 0 bridgehead atoms. The molecule has 1 rings (SSSR count). The summed E-state index contributed by atoms with van der Waals surface area (Å²) in [6.07, 6.45) is 0.501. The second kappa shape index (κ2) is 3.62. The van der Waals surface area contributed by atoms with Crippen LogP contribution in [-0.4, -0.2) is 36.1 Å². The Morgan fingerprint density at radius 2 is 2.15 bits per heavy atom. The van der Waals surface area contributed by atoms with Crippen LogP contribution in [0.15, 0.2) is 0 Å². The van der Waals surface area contributed by atoms with E-state index in [1.807, 2.05) is 13.8 Å². The molecule has 1 fully saturated rings. The Kier molecular flexibility index (Phi) is 2.91. The van der Waals surface area contributed by atoms with Gasteiger partial charge in [0.15, 0.2) is 5.67 Å². The summed E-state index contributed by atoms with van der Waals surface area (Å²) < 4.78 is 13.3. The number of likely N-dealkylation sites (tertiary alicyclic amines) is 1. The standard InChI is InChI=1S/C9H17FN2O/c1-7(2)3-8(13)12-5-9(10,4-11)6-12/h7H,3-6,11H2,1-2H3. The summed E-state index contributed by atoms with van der Waals surface area (Å²) in [5.41, 5.74) is 3.91. The van der Waals surface area contributed by atoms with Crippen molar-refractivity contribution in [2.24, 2.45) is 11.7 Å². The van der Waals surface area contributed by atoms with Gasteiger partial charge < -0.3 is 10.6 Å². The Morgan fingerprint density at radius 1 is 1.62 bits per heavy atom. The minimum atomic E-state index is -1.31. The molecule has 0 spiro atoms. The molecule has 3 nitrogen and oxygen atoms in total. The number of nitrogens with two attached hydrogens (primary N) is 1. The fraction of sp³-hybridized carbons (Fsp3) is 0.889. The number of amides is 1. The average Bonchev–Trinajstić information content (AvgIpc) is 1.97. The minimum absolute atomic E-state index is 0.0124. The number of rotatable bonds is 3. The van der Waals surface area contributed by atoms with Gasteiger partial charge in [0.1, 0.15) is 0 Å². The van der Waals surface area contributed by atoms with Crippen LogP contribution in [0.5, 0.6) is 0 Å². The lowest BCUT2D eigenvalue weighted by Crippen LogP contribution is -2.64. The molecule has 4 heteroatoms. The Labute approximate surface area is 78.1 Å². The number of hydrogen-bond donors (Lipinski definition) is 1. The van der Waals surface area contributed by atoms with Gasteiger partial charge in [0, 0.05) is 13.0 Å². The van der Waals surface area contributed by atoms with Crippen molar-refractivity contribution in [3.05, 3.63) is 0 Å². The number of nitrogens with zero attached hydrogens (tertiary/aromatic N) is 1. The Balaban J connectivity index is 2.31. The monoisotopic (exact) mass is 188 g/mol. The second-order valence-electron chi connectivity index (χ2n) is 4.20. The maximum atomic E-state index is 13.3. The normalized spacial score (nSPS) is 20.2. The van der Waals surface area contributed by atoms with Crippen molar-refractivity contribution < 1.29 is 9.18 Å². The molecule has 0 saturated carbocycles. The smallest absolute Gasteiger partial charge is 0.223 e. The first kappa shape index (κ1) is 10.4. The highest BCUT2D eigenvalue weighted by molar-refractivity contribution is 5.77. The van der Waals surface area contributed by atoms with Crippen molar-refractivity contribution >= 4 is 5.91 Å². The van der Waals surface area contributed by atoms with Gasteiger partial charge in [-0.3, -0.25) is 4.79 Å². The molecule has 13 heavy (non-hydrogen) atoms. The Hall–Kier alpha value is -0.640. The van der Waals surface area contributed by atoms with Crippen LogP contribution in [0, 0.1) is 5.92 Å². The van der Waals surface area contributed by atoms with Gasteiger partial charge in [-0.05, 0) is 5.92 Å². The van der Waals surface area contributed by atoms with E-state index >= 15 is 0 Å². The van der Waals surface area contributed by atoms with Crippen molar-refractivity contribution in [2.45, 2.75) is 25.9 Å². The van der Waals surface area contributed by atoms with Crippen molar-refractivity contribution in [3.8, 4) is 0 Å². The summed E-state index contributed by atoms with van der Waals surface area (Å²) in [5.74, 6) is 0.372. The van der Waals surface area contributed by atoms with E-state index in [2.05, 4.69) is 0 Å². The van der Waals surface area contributed by atoms with E-state index in [1.54, 1.807) is 0 Å². The van der Waals surface area contributed by atoms with Crippen LogP contribution in [0.2, 0.25) is 0 Å². The molecule has 0 aromatic heterocycles. The zero-order valence-electron chi connectivity index (χ0n) is 8.22. The van der Waals surface area contributed by atoms with Crippen LogP contribution in [0.1, 0.15) is 20.3 Å². The van der Waals surface area contributed by atoms with Crippen LogP contribution in [0.25, 0.3) is 0 Å². The third-order valence-electron chi connectivity index (χ3n) is 2.25. The first-order chi connectivity index (χ1) is 5.97. The van der Waals surface area contributed by atoms with Crippen molar-refractivity contribution in [3.63, 3.8) is 0 Å². The van der Waals surface area contributed by atoms with Crippen LogP contribution in [-0.2, 0) is 4.79 Å². The lowest BCUT2D eigenvalue weighted by atomic mass is 9.95. The van der Waals surface area contributed by atoms with E-state index in [1.165, 1.54) is 4.90 Å². The van der Waals surface area contributed by atoms with Gasteiger partial charge in [0.2, 0.25) is 5.91 Å². The van der Waals surface area contributed by atoms with Gasteiger partial charge in [-0.1, -0.05) is 13.8 Å². The van der Waals surface area contributed by atoms with Gasteiger partial charge in [-0.25, -0.2) is 4.39 Å². The van der Waals surface area contributed by atoms with Gasteiger partial charge in [-0.15, -0.1) is 0 Å². The van der Waals surface area contributed by atoms with Crippen molar-refractivity contribution in [2.75, 3.05) is 19.6 Å². The van der Waals surface area contributed by atoms with Crippen LogP contribution in [0.3, 0.4) is 0 Å². The topological polar surface area (TPSA) is 46.3 Å². The molecule has 0 atom stereocenters. The molecule has 1 amide bonds. The number of carbonyl (C=O) groups is 1. The first-order valence-corrected chi connectivity index (χ1v) is 4.63. The van der Waals surface area contributed by atoms with E-state index < -0.39 is 5.67 Å². The average molecular weight is 188 g/mol. The van der Waals surface area contributed by atoms with Crippen LogP contribution >= 0.6 is 0 Å². The largest absolute Gasteiger partial charge is 0.336 e. The molecule has 1 saturated heterocycles. The van der Waals surface area contributed by atoms with Crippen molar-refractivity contribution in [1.82, 2.24) is 4.90 Å². The van der Waals surface area contributed by atoms with E-state index in [9.17, 15) is 9.18 Å². The predicted octanol–water partition coefficient (Wildman–Crippen LogP) is 0.542. The summed E-state index contributed by atoms with van der Waals surface area (Å²) in [6.45, 7) is 4.31. The summed E-state index contributed by atoms with van der Waals surface area (Å²) >= 11 is 0. The third kappa shape index (κ3) is 2.40.